The highest BCUT2D eigenvalue weighted by atomic mass is 32.1. The molecule has 1 aliphatic rings. The Morgan fingerprint density at radius 2 is 2.10 bits per heavy atom. The van der Waals surface area contributed by atoms with E-state index in [1.165, 1.54) is 16.2 Å². The highest BCUT2D eigenvalue weighted by molar-refractivity contribution is 7.12. The number of hydrogen-bond donors (Lipinski definition) is 1. The summed E-state index contributed by atoms with van der Waals surface area (Å²) >= 11 is 1.51. The van der Waals surface area contributed by atoms with E-state index in [4.69, 9.17) is 0 Å². The molecule has 1 aromatic heterocycles. The van der Waals surface area contributed by atoms with E-state index in [0.29, 0.717) is 6.42 Å². The molecule has 1 amide bonds. The van der Waals surface area contributed by atoms with Crippen LogP contribution < -0.4 is 5.32 Å². The number of nitrogens with one attached hydrogen (secondary N) is 1. The molecular formula is C14H19F3N2OS. The zero-order valence-electron chi connectivity index (χ0n) is 12.0. The van der Waals surface area contributed by atoms with Gasteiger partial charge in [-0.25, -0.2) is 0 Å². The molecule has 2 unspecified atom stereocenters. The van der Waals surface area contributed by atoms with Crippen LogP contribution in [0.25, 0.3) is 0 Å². The van der Waals surface area contributed by atoms with Crippen molar-refractivity contribution in [2.45, 2.75) is 51.5 Å². The lowest BCUT2D eigenvalue weighted by atomic mass is 10.1. The zero-order valence-corrected chi connectivity index (χ0v) is 12.9. The maximum Gasteiger partial charge on any atom is 0.390 e. The van der Waals surface area contributed by atoms with Crippen LogP contribution in [0.5, 0.6) is 0 Å². The van der Waals surface area contributed by atoms with Crippen molar-refractivity contribution in [3.63, 3.8) is 0 Å². The minimum Gasteiger partial charge on any atom is -0.320 e. The van der Waals surface area contributed by atoms with Gasteiger partial charge >= 0.3 is 6.18 Å². The van der Waals surface area contributed by atoms with Gasteiger partial charge in [-0.15, -0.1) is 11.3 Å². The number of carbonyl (C=O) groups is 1. The lowest BCUT2D eigenvalue weighted by molar-refractivity contribution is -0.145. The summed E-state index contributed by atoms with van der Waals surface area (Å²) in [5, 5.41) is 3.18. The predicted molar refractivity (Wildman–Crippen MR) is 76.0 cm³/mol. The van der Waals surface area contributed by atoms with Gasteiger partial charge in [0, 0.05) is 16.3 Å². The minimum atomic E-state index is -4.25. The molecule has 0 radical (unpaired) electrons. The summed E-state index contributed by atoms with van der Waals surface area (Å²) in [7, 11) is 0. The first-order valence-corrected chi connectivity index (χ1v) is 7.83. The van der Waals surface area contributed by atoms with Gasteiger partial charge in [-0.1, -0.05) is 13.3 Å². The van der Waals surface area contributed by atoms with E-state index in [0.717, 1.165) is 16.2 Å². The van der Waals surface area contributed by atoms with Crippen molar-refractivity contribution in [1.82, 2.24) is 10.2 Å². The molecule has 21 heavy (non-hydrogen) atoms. The van der Waals surface area contributed by atoms with Crippen molar-refractivity contribution >= 4 is 17.2 Å². The molecule has 2 heterocycles. The van der Waals surface area contributed by atoms with Gasteiger partial charge in [0.2, 0.25) is 5.91 Å². The van der Waals surface area contributed by atoms with E-state index in [1.807, 2.05) is 26.0 Å². The van der Waals surface area contributed by atoms with Crippen LogP contribution in [0.4, 0.5) is 13.2 Å². The van der Waals surface area contributed by atoms with Gasteiger partial charge in [0.15, 0.2) is 0 Å². The number of aryl methyl sites for hydroxylation is 1. The average Bonchev–Trinajstić information content (AvgIpc) is 2.92. The molecule has 3 nitrogen and oxygen atoms in total. The molecule has 1 aliphatic heterocycles. The number of alkyl halides is 3. The van der Waals surface area contributed by atoms with Crippen LogP contribution in [-0.2, 0) is 4.79 Å². The molecule has 118 valence electrons. The largest absolute Gasteiger partial charge is 0.390 e. The van der Waals surface area contributed by atoms with E-state index in [9.17, 15) is 18.0 Å². The van der Waals surface area contributed by atoms with E-state index < -0.39 is 18.8 Å². The van der Waals surface area contributed by atoms with Gasteiger partial charge < -0.3 is 4.90 Å². The van der Waals surface area contributed by atoms with Crippen LogP contribution in [0, 0.1) is 6.92 Å². The topological polar surface area (TPSA) is 32.3 Å². The second-order valence-corrected chi connectivity index (χ2v) is 6.58. The molecule has 0 aliphatic carbocycles. The molecule has 0 spiro atoms. The fourth-order valence-corrected chi connectivity index (χ4v) is 3.45. The third kappa shape index (κ3) is 3.97. The molecule has 2 rings (SSSR count). The Labute approximate surface area is 126 Å². The predicted octanol–water partition coefficient (Wildman–Crippen LogP) is 3.61. The maximum atomic E-state index is 12.5. The number of halogens is 3. The normalized spacial score (nSPS) is 23.1. The molecule has 0 aromatic carbocycles. The average molecular weight is 320 g/mol. The fraction of sp³-hybridized carbons (Fsp3) is 0.643. The van der Waals surface area contributed by atoms with Gasteiger partial charge in [0.25, 0.3) is 0 Å². The van der Waals surface area contributed by atoms with Gasteiger partial charge in [0.1, 0.15) is 6.17 Å². The third-order valence-electron chi connectivity index (χ3n) is 3.50. The van der Waals surface area contributed by atoms with Crippen LogP contribution in [0.2, 0.25) is 0 Å². The van der Waals surface area contributed by atoms with Crippen LogP contribution >= 0.6 is 11.3 Å². The number of nitrogens with zero attached hydrogens (tertiary/aromatic N) is 1. The summed E-state index contributed by atoms with van der Waals surface area (Å²) < 4.78 is 37.4. The lowest BCUT2D eigenvalue weighted by Crippen LogP contribution is -2.33. The van der Waals surface area contributed by atoms with Crippen molar-refractivity contribution in [1.29, 1.82) is 0 Å². The van der Waals surface area contributed by atoms with E-state index >= 15 is 0 Å². The Kier molecular flexibility index (Phi) is 4.93. The molecule has 1 fully saturated rings. The number of amides is 1. The first-order valence-electron chi connectivity index (χ1n) is 7.01. The van der Waals surface area contributed by atoms with Crippen molar-refractivity contribution in [2.75, 3.05) is 6.54 Å². The molecule has 0 bridgehead atoms. The smallest absolute Gasteiger partial charge is 0.320 e. The van der Waals surface area contributed by atoms with Crippen LogP contribution in [0.15, 0.2) is 12.1 Å². The van der Waals surface area contributed by atoms with E-state index in [2.05, 4.69) is 5.32 Å². The summed E-state index contributed by atoms with van der Waals surface area (Å²) in [5.41, 5.74) is 0. The molecular weight excluding hydrogens is 301 g/mol. The Morgan fingerprint density at radius 1 is 1.38 bits per heavy atom. The third-order valence-corrected chi connectivity index (χ3v) is 4.55. The molecule has 2 atom stereocenters. The fourth-order valence-electron chi connectivity index (χ4n) is 2.50. The van der Waals surface area contributed by atoms with Gasteiger partial charge in [-0.2, -0.15) is 13.2 Å². The monoisotopic (exact) mass is 320 g/mol. The quantitative estimate of drug-likeness (QED) is 0.899. The SMILES string of the molecule is CCCC1NC(c2ccc(C)s2)N(CCC(F)(F)F)C1=O. The number of carbonyl (C=O) groups excluding carboxylic acids is 1. The Hall–Kier alpha value is -1.08. The van der Waals surface area contributed by atoms with Crippen molar-refractivity contribution in [3.8, 4) is 0 Å². The molecule has 1 saturated heterocycles. The van der Waals surface area contributed by atoms with Crippen molar-refractivity contribution < 1.29 is 18.0 Å². The molecule has 1 aromatic rings. The second-order valence-electron chi connectivity index (χ2n) is 5.26. The number of thiophene rings is 1. The van der Waals surface area contributed by atoms with Crippen LogP contribution in [0.1, 0.15) is 42.1 Å². The Morgan fingerprint density at radius 3 is 2.62 bits per heavy atom. The molecule has 1 N–H and O–H groups in total. The van der Waals surface area contributed by atoms with E-state index in [1.54, 1.807) is 0 Å². The summed E-state index contributed by atoms with van der Waals surface area (Å²) in [6.07, 6.45) is -4.20. The minimum absolute atomic E-state index is 0.225. The summed E-state index contributed by atoms with van der Waals surface area (Å²) in [5.74, 6) is -0.225. The molecule has 0 saturated carbocycles. The highest BCUT2D eigenvalue weighted by Crippen LogP contribution is 2.33. The van der Waals surface area contributed by atoms with Gasteiger partial charge in [0.05, 0.1) is 12.5 Å². The van der Waals surface area contributed by atoms with Gasteiger partial charge in [-0.3, -0.25) is 10.1 Å². The van der Waals surface area contributed by atoms with Crippen molar-refractivity contribution in [3.05, 3.63) is 21.9 Å². The van der Waals surface area contributed by atoms with Gasteiger partial charge in [-0.05, 0) is 25.5 Å². The summed E-state index contributed by atoms with van der Waals surface area (Å²) in [4.78, 5) is 15.6. The Balaban J connectivity index is 2.16. The second kappa shape index (κ2) is 6.36. The maximum absolute atomic E-state index is 12.5. The lowest BCUT2D eigenvalue weighted by Gasteiger charge is -2.23. The zero-order chi connectivity index (χ0) is 15.6. The summed E-state index contributed by atoms with van der Waals surface area (Å²) in [6.45, 7) is 3.60. The summed E-state index contributed by atoms with van der Waals surface area (Å²) in [6, 6.07) is 3.41. The molecule has 7 heteroatoms. The Bertz CT molecular complexity index is 501. The van der Waals surface area contributed by atoms with Crippen LogP contribution in [0.3, 0.4) is 0 Å². The highest BCUT2D eigenvalue weighted by Gasteiger charge is 2.41. The van der Waals surface area contributed by atoms with Crippen LogP contribution in [-0.4, -0.2) is 29.6 Å². The first kappa shape index (κ1) is 16.3. The van der Waals surface area contributed by atoms with Crippen molar-refractivity contribution in [2.24, 2.45) is 0 Å². The number of rotatable bonds is 5. The first-order chi connectivity index (χ1) is 9.81. The standard InChI is InChI=1S/C14H19F3N2OS/c1-3-4-10-13(20)19(8-7-14(15,16)17)12(18-10)11-6-5-9(2)21-11/h5-6,10,12,18H,3-4,7-8H2,1-2H3. The number of hydrogen-bond acceptors (Lipinski definition) is 3. The van der Waals surface area contributed by atoms with E-state index in [-0.39, 0.29) is 18.5 Å².